The Bertz CT molecular complexity index is 500. The molecule has 0 aliphatic carbocycles. The number of carbonyl (C=O) groups is 1. The van der Waals surface area contributed by atoms with Gasteiger partial charge in [0.25, 0.3) is 0 Å². The molecule has 0 spiro atoms. The summed E-state index contributed by atoms with van der Waals surface area (Å²) in [5, 5.41) is 11.6. The molecule has 0 aromatic heterocycles. The molecule has 0 radical (unpaired) electrons. The van der Waals surface area contributed by atoms with Crippen LogP contribution in [-0.2, 0) is 4.79 Å². The molecule has 0 amide bonds. The standard InChI is InChI=1S/C18H21NO2/c20-18(21)14-19-13-7-12-17(15-8-3-1-4-9-15)16-10-5-2-6-11-16/h1-6,8-11,17,19H,7,12-14H2,(H,20,21). The molecule has 2 N–H and O–H groups in total. The molecule has 0 fully saturated rings. The molecule has 0 aliphatic heterocycles. The van der Waals surface area contributed by atoms with Gasteiger partial charge in [-0.15, -0.1) is 0 Å². The van der Waals surface area contributed by atoms with Gasteiger partial charge >= 0.3 is 5.97 Å². The number of hydrogen-bond donors (Lipinski definition) is 2. The van der Waals surface area contributed by atoms with E-state index in [-0.39, 0.29) is 6.54 Å². The Hall–Kier alpha value is -2.13. The van der Waals surface area contributed by atoms with Crippen LogP contribution in [0.25, 0.3) is 0 Å². The number of rotatable bonds is 8. The number of benzene rings is 2. The highest BCUT2D eigenvalue weighted by Crippen LogP contribution is 2.28. The van der Waals surface area contributed by atoms with Crippen LogP contribution in [0.1, 0.15) is 29.9 Å². The van der Waals surface area contributed by atoms with Gasteiger partial charge in [-0.3, -0.25) is 4.79 Å². The molecule has 0 unspecified atom stereocenters. The third-order valence-electron chi connectivity index (χ3n) is 3.53. The highest BCUT2D eigenvalue weighted by Gasteiger charge is 2.13. The van der Waals surface area contributed by atoms with Crippen LogP contribution in [0.2, 0.25) is 0 Å². The quantitative estimate of drug-likeness (QED) is 0.731. The van der Waals surface area contributed by atoms with E-state index in [9.17, 15) is 4.79 Å². The van der Waals surface area contributed by atoms with Crippen molar-refractivity contribution in [1.82, 2.24) is 5.32 Å². The Morgan fingerprint density at radius 1 is 0.952 bits per heavy atom. The molecule has 0 heterocycles. The molecule has 0 atom stereocenters. The van der Waals surface area contributed by atoms with Crippen molar-refractivity contribution < 1.29 is 9.90 Å². The van der Waals surface area contributed by atoms with Crippen LogP contribution in [0.4, 0.5) is 0 Å². The molecule has 2 rings (SSSR count). The molecule has 0 saturated carbocycles. The van der Waals surface area contributed by atoms with Crippen molar-refractivity contribution in [3.8, 4) is 0 Å². The Labute approximate surface area is 125 Å². The van der Waals surface area contributed by atoms with Crippen LogP contribution in [0, 0.1) is 0 Å². The SMILES string of the molecule is O=C(O)CNCCCC(c1ccccc1)c1ccccc1. The summed E-state index contributed by atoms with van der Waals surface area (Å²) in [7, 11) is 0. The summed E-state index contributed by atoms with van der Waals surface area (Å²) in [6.07, 6.45) is 1.95. The zero-order chi connectivity index (χ0) is 14.9. The number of nitrogens with one attached hydrogen (secondary N) is 1. The van der Waals surface area contributed by atoms with Gasteiger partial charge < -0.3 is 10.4 Å². The predicted molar refractivity (Wildman–Crippen MR) is 84.5 cm³/mol. The average molecular weight is 283 g/mol. The molecule has 2 aromatic rings. The molecule has 2 aromatic carbocycles. The lowest BCUT2D eigenvalue weighted by Crippen LogP contribution is -2.23. The van der Waals surface area contributed by atoms with Gasteiger partial charge in [-0.25, -0.2) is 0 Å². The molecule has 3 heteroatoms. The predicted octanol–water partition coefficient (Wildman–Crippen LogP) is 3.27. The van der Waals surface area contributed by atoms with Crippen molar-refractivity contribution >= 4 is 5.97 Å². The smallest absolute Gasteiger partial charge is 0.317 e. The van der Waals surface area contributed by atoms with Crippen molar-refractivity contribution in [2.24, 2.45) is 0 Å². The molecule has 0 aliphatic rings. The average Bonchev–Trinajstić information content (AvgIpc) is 2.52. The topological polar surface area (TPSA) is 49.3 Å². The highest BCUT2D eigenvalue weighted by atomic mass is 16.4. The minimum absolute atomic E-state index is 0.0291. The van der Waals surface area contributed by atoms with Gasteiger partial charge in [0, 0.05) is 5.92 Å². The summed E-state index contributed by atoms with van der Waals surface area (Å²) in [6.45, 7) is 0.754. The maximum atomic E-state index is 10.5. The number of hydrogen-bond acceptors (Lipinski definition) is 2. The van der Waals surface area contributed by atoms with Crippen LogP contribution >= 0.6 is 0 Å². The van der Waals surface area contributed by atoms with E-state index in [0.717, 1.165) is 19.4 Å². The van der Waals surface area contributed by atoms with Crippen molar-refractivity contribution in [3.63, 3.8) is 0 Å². The van der Waals surface area contributed by atoms with Crippen molar-refractivity contribution in [1.29, 1.82) is 0 Å². The zero-order valence-corrected chi connectivity index (χ0v) is 12.0. The maximum Gasteiger partial charge on any atom is 0.317 e. The molecule has 0 saturated heterocycles. The summed E-state index contributed by atoms with van der Waals surface area (Å²) in [6, 6.07) is 20.9. The fraction of sp³-hybridized carbons (Fsp3) is 0.278. The lowest BCUT2D eigenvalue weighted by molar-refractivity contribution is -0.135. The van der Waals surface area contributed by atoms with Crippen LogP contribution < -0.4 is 5.32 Å². The zero-order valence-electron chi connectivity index (χ0n) is 12.0. The van der Waals surface area contributed by atoms with E-state index in [1.54, 1.807) is 0 Å². The van der Waals surface area contributed by atoms with E-state index >= 15 is 0 Å². The van der Waals surface area contributed by atoms with Crippen molar-refractivity contribution in [2.75, 3.05) is 13.1 Å². The molecular weight excluding hydrogens is 262 g/mol. The first-order chi connectivity index (χ1) is 10.3. The van der Waals surface area contributed by atoms with Crippen LogP contribution in [0.15, 0.2) is 60.7 Å². The lowest BCUT2D eigenvalue weighted by atomic mass is 9.87. The first kappa shape index (κ1) is 15.3. The van der Waals surface area contributed by atoms with Gasteiger partial charge in [0.1, 0.15) is 0 Å². The minimum atomic E-state index is -0.808. The largest absolute Gasteiger partial charge is 0.480 e. The van der Waals surface area contributed by atoms with Crippen molar-refractivity contribution in [2.45, 2.75) is 18.8 Å². The number of aliphatic carboxylic acids is 1. The number of carboxylic acid groups (broad SMARTS) is 1. The van der Waals surface area contributed by atoms with E-state index in [2.05, 4.69) is 53.8 Å². The first-order valence-electron chi connectivity index (χ1n) is 7.30. The monoisotopic (exact) mass is 283 g/mol. The summed E-state index contributed by atoms with van der Waals surface area (Å²) in [4.78, 5) is 10.5. The maximum absolute atomic E-state index is 10.5. The van der Waals surface area contributed by atoms with Gasteiger partial charge in [-0.2, -0.15) is 0 Å². The Balaban J connectivity index is 1.99. The second-order valence-electron chi connectivity index (χ2n) is 5.09. The van der Waals surface area contributed by atoms with E-state index in [1.165, 1.54) is 11.1 Å². The van der Waals surface area contributed by atoms with Crippen molar-refractivity contribution in [3.05, 3.63) is 71.8 Å². The van der Waals surface area contributed by atoms with Gasteiger partial charge in [0.05, 0.1) is 6.54 Å². The van der Waals surface area contributed by atoms with Gasteiger partial charge in [-0.05, 0) is 30.5 Å². The Kier molecular flexibility index (Phi) is 5.98. The molecule has 21 heavy (non-hydrogen) atoms. The molecule has 0 bridgehead atoms. The second kappa shape index (κ2) is 8.22. The van der Waals surface area contributed by atoms with Crippen LogP contribution in [0.3, 0.4) is 0 Å². The second-order valence-corrected chi connectivity index (χ2v) is 5.09. The normalized spacial score (nSPS) is 10.7. The van der Waals surface area contributed by atoms with Gasteiger partial charge in [0.15, 0.2) is 0 Å². The molecule has 110 valence electrons. The molecule has 3 nitrogen and oxygen atoms in total. The van der Waals surface area contributed by atoms with Crippen LogP contribution in [0.5, 0.6) is 0 Å². The Morgan fingerprint density at radius 2 is 1.48 bits per heavy atom. The fourth-order valence-electron chi connectivity index (χ4n) is 2.52. The van der Waals surface area contributed by atoms with E-state index in [0.29, 0.717) is 5.92 Å². The summed E-state index contributed by atoms with van der Waals surface area (Å²) in [5.74, 6) is -0.448. The fourth-order valence-corrected chi connectivity index (χ4v) is 2.52. The minimum Gasteiger partial charge on any atom is -0.480 e. The van der Waals surface area contributed by atoms with E-state index in [4.69, 9.17) is 5.11 Å². The summed E-state index contributed by atoms with van der Waals surface area (Å²) in [5.41, 5.74) is 2.61. The molecular formula is C18H21NO2. The summed E-state index contributed by atoms with van der Waals surface area (Å²) >= 11 is 0. The number of carboxylic acids is 1. The third-order valence-corrected chi connectivity index (χ3v) is 3.53. The first-order valence-corrected chi connectivity index (χ1v) is 7.30. The van der Waals surface area contributed by atoms with Crippen LogP contribution in [-0.4, -0.2) is 24.2 Å². The van der Waals surface area contributed by atoms with E-state index in [1.807, 2.05) is 12.1 Å². The third kappa shape index (κ3) is 5.04. The van der Waals surface area contributed by atoms with Gasteiger partial charge in [-0.1, -0.05) is 60.7 Å². The highest BCUT2D eigenvalue weighted by molar-refractivity contribution is 5.68. The van der Waals surface area contributed by atoms with Gasteiger partial charge in [0.2, 0.25) is 0 Å². The Morgan fingerprint density at radius 3 is 1.95 bits per heavy atom. The lowest BCUT2D eigenvalue weighted by Gasteiger charge is -2.18. The summed E-state index contributed by atoms with van der Waals surface area (Å²) < 4.78 is 0. The van der Waals surface area contributed by atoms with E-state index < -0.39 is 5.97 Å².